The van der Waals surface area contributed by atoms with Crippen LogP contribution in [0.25, 0.3) is 10.9 Å². The van der Waals surface area contributed by atoms with Crippen LogP contribution in [0.15, 0.2) is 18.3 Å². The molecule has 1 aromatic carbocycles. The Morgan fingerprint density at radius 3 is 2.82 bits per heavy atom. The van der Waals surface area contributed by atoms with Crippen molar-refractivity contribution in [1.82, 2.24) is 4.98 Å². The van der Waals surface area contributed by atoms with Crippen molar-refractivity contribution >= 4 is 26.8 Å². The Labute approximate surface area is 108 Å². The maximum Gasteiger partial charge on any atom is 0.231 e. The van der Waals surface area contributed by atoms with Crippen molar-refractivity contribution in [2.45, 2.75) is 19.3 Å². The van der Waals surface area contributed by atoms with E-state index in [1.54, 1.807) is 0 Å². The minimum absolute atomic E-state index is 0.334. The number of halogens is 1. The molecule has 90 valence electrons. The summed E-state index contributed by atoms with van der Waals surface area (Å²) < 4.78 is 10.8. The lowest BCUT2D eigenvalue weighted by molar-refractivity contribution is 0.174. The summed E-state index contributed by atoms with van der Waals surface area (Å²) in [6, 6.07) is 4.10. The molecular formula is C13H14BrNO2. The van der Waals surface area contributed by atoms with Crippen LogP contribution in [0, 0.1) is 0 Å². The molecule has 2 aromatic rings. The molecule has 1 N–H and O–H groups in total. The van der Waals surface area contributed by atoms with Gasteiger partial charge in [0, 0.05) is 28.5 Å². The molecule has 1 aromatic heterocycles. The van der Waals surface area contributed by atoms with E-state index in [0.29, 0.717) is 6.79 Å². The molecular weight excluding hydrogens is 282 g/mol. The number of unbranched alkanes of at least 4 members (excludes halogenated alkanes) is 1. The first-order valence-electron chi connectivity index (χ1n) is 5.84. The van der Waals surface area contributed by atoms with E-state index in [1.807, 2.05) is 6.07 Å². The third-order valence-corrected chi connectivity index (χ3v) is 3.65. The Balaban J connectivity index is 1.92. The van der Waals surface area contributed by atoms with Gasteiger partial charge in [0.2, 0.25) is 6.79 Å². The summed E-state index contributed by atoms with van der Waals surface area (Å²) in [7, 11) is 0. The standard InChI is InChI=1S/C13H14BrNO2/c14-4-2-1-3-9-7-15-11-6-13-12(5-10(9)11)16-8-17-13/h5-7,15H,1-4,8H2. The van der Waals surface area contributed by atoms with Gasteiger partial charge in [-0.3, -0.25) is 0 Å². The van der Waals surface area contributed by atoms with Gasteiger partial charge in [0.15, 0.2) is 11.5 Å². The molecule has 0 bridgehead atoms. The topological polar surface area (TPSA) is 34.2 Å². The predicted molar refractivity (Wildman–Crippen MR) is 71.2 cm³/mol. The van der Waals surface area contributed by atoms with Crippen LogP contribution in [-0.2, 0) is 6.42 Å². The zero-order chi connectivity index (χ0) is 11.7. The van der Waals surface area contributed by atoms with Crippen molar-refractivity contribution in [2.24, 2.45) is 0 Å². The first-order chi connectivity index (χ1) is 8.38. The zero-order valence-electron chi connectivity index (χ0n) is 9.46. The lowest BCUT2D eigenvalue weighted by atomic mass is 10.1. The van der Waals surface area contributed by atoms with Gasteiger partial charge in [-0.25, -0.2) is 0 Å². The molecule has 0 aliphatic carbocycles. The van der Waals surface area contributed by atoms with Crippen LogP contribution in [0.2, 0.25) is 0 Å². The molecule has 0 radical (unpaired) electrons. The lowest BCUT2D eigenvalue weighted by Crippen LogP contribution is -1.92. The number of aryl methyl sites for hydroxylation is 1. The molecule has 0 fully saturated rings. The zero-order valence-corrected chi connectivity index (χ0v) is 11.0. The van der Waals surface area contributed by atoms with Gasteiger partial charge in [0.1, 0.15) is 0 Å². The highest BCUT2D eigenvalue weighted by Crippen LogP contribution is 2.37. The van der Waals surface area contributed by atoms with E-state index in [1.165, 1.54) is 23.8 Å². The summed E-state index contributed by atoms with van der Waals surface area (Å²) in [4.78, 5) is 3.30. The molecule has 17 heavy (non-hydrogen) atoms. The number of nitrogens with one attached hydrogen (secondary N) is 1. The van der Waals surface area contributed by atoms with Gasteiger partial charge in [0.05, 0.1) is 0 Å². The summed E-state index contributed by atoms with van der Waals surface area (Å²) in [6.45, 7) is 0.334. The Kier molecular flexibility index (Phi) is 2.97. The smallest absolute Gasteiger partial charge is 0.231 e. The highest BCUT2D eigenvalue weighted by Gasteiger charge is 2.16. The molecule has 0 saturated carbocycles. The normalized spacial score (nSPS) is 13.5. The number of aromatic nitrogens is 1. The molecule has 4 heteroatoms. The van der Waals surface area contributed by atoms with E-state index < -0.39 is 0 Å². The minimum Gasteiger partial charge on any atom is -0.454 e. The summed E-state index contributed by atoms with van der Waals surface area (Å²) in [6.07, 6.45) is 5.60. The van der Waals surface area contributed by atoms with Gasteiger partial charge in [-0.1, -0.05) is 15.9 Å². The van der Waals surface area contributed by atoms with Gasteiger partial charge in [-0.2, -0.15) is 0 Å². The lowest BCUT2D eigenvalue weighted by Gasteiger charge is -2.00. The van der Waals surface area contributed by atoms with Gasteiger partial charge < -0.3 is 14.5 Å². The van der Waals surface area contributed by atoms with Gasteiger partial charge in [-0.15, -0.1) is 0 Å². The minimum atomic E-state index is 0.334. The first kappa shape index (κ1) is 11.0. The number of alkyl halides is 1. The van der Waals surface area contributed by atoms with Crippen LogP contribution in [0.3, 0.4) is 0 Å². The second kappa shape index (κ2) is 4.61. The average molecular weight is 296 g/mol. The molecule has 1 aliphatic rings. The van der Waals surface area contributed by atoms with E-state index in [4.69, 9.17) is 9.47 Å². The van der Waals surface area contributed by atoms with E-state index in [-0.39, 0.29) is 0 Å². The molecule has 1 aliphatic heterocycles. The molecule has 2 heterocycles. The van der Waals surface area contributed by atoms with Crippen molar-refractivity contribution in [1.29, 1.82) is 0 Å². The molecule has 0 spiro atoms. The second-order valence-electron chi connectivity index (χ2n) is 4.21. The van der Waals surface area contributed by atoms with Crippen LogP contribution in [0.5, 0.6) is 11.5 Å². The van der Waals surface area contributed by atoms with E-state index >= 15 is 0 Å². The number of aromatic amines is 1. The van der Waals surface area contributed by atoms with E-state index in [9.17, 15) is 0 Å². The Hall–Kier alpha value is -1.16. The fourth-order valence-corrected chi connectivity index (χ4v) is 2.58. The van der Waals surface area contributed by atoms with Crippen molar-refractivity contribution < 1.29 is 9.47 Å². The van der Waals surface area contributed by atoms with Crippen LogP contribution in [-0.4, -0.2) is 17.1 Å². The summed E-state index contributed by atoms with van der Waals surface area (Å²) >= 11 is 3.46. The highest BCUT2D eigenvalue weighted by atomic mass is 79.9. The average Bonchev–Trinajstić information content (AvgIpc) is 2.93. The van der Waals surface area contributed by atoms with Crippen LogP contribution in [0.1, 0.15) is 18.4 Å². The predicted octanol–water partition coefficient (Wildman–Crippen LogP) is 3.61. The molecule has 3 rings (SSSR count). The molecule has 0 amide bonds. The Morgan fingerprint density at radius 1 is 1.18 bits per heavy atom. The van der Waals surface area contributed by atoms with Crippen molar-refractivity contribution in [3.8, 4) is 11.5 Å². The number of H-pyrrole nitrogens is 1. The maximum atomic E-state index is 5.41. The second-order valence-corrected chi connectivity index (χ2v) is 5.00. The number of ether oxygens (including phenoxy) is 2. The van der Waals surface area contributed by atoms with Gasteiger partial charge >= 0.3 is 0 Å². The van der Waals surface area contributed by atoms with Crippen LogP contribution >= 0.6 is 15.9 Å². The van der Waals surface area contributed by atoms with E-state index in [0.717, 1.165) is 28.8 Å². The monoisotopic (exact) mass is 295 g/mol. The Bertz CT molecular complexity index is 535. The number of benzene rings is 1. The number of rotatable bonds is 4. The van der Waals surface area contributed by atoms with Crippen molar-refractivity contribution in [3.05, 3.63) is 23.9 Å². The number of hydrogen-bond acceptors (Lipinski definition) is 2. The maximum absolute atomic E-state index is 5.41. The van der Waals surface area contributed by atoms with Gasteiger partial charge in [-0.05, 0) is 30.9 Å². The summed E-state index contributed by atoms with van der Waals surface area (Å²) in [5, 5.41) is 2.32. The first-order valence-corrected chi connectivity index (χ1v) is 6.96. The molecule has 0 saturated heterocycles. The van der Waals surface area contributed by atoms with Crippen molar-refractivity contribution in [2.75, 3.05) is 12.1 Å². The number of fused-ring (bicyclic) bond motifs is 2. The highest BCUT2D eigenvalue weighted by molar-refractivity contribution is 9.09. The van der Waals surface area contributed by atoms with Crippen LogP contribution < -0.4 is 9.47 Å². The molecule has 0 unspecified atom stereocenters. The third-order valence-electron chi connectivity index (χ3n) is 3.09. The third kappa shape index (κ3) is 2.02. The summed E-state index contributed by atoms with van der Waals surface area (Å²) in [5.74, 6) is 1.70. The fourth-order valence-electron chi connectivity index (χ4n) is 2.19. The fraction of sp³-hybridized carbons (Fsp3) is 0.385. The van der Waals surface area contributed by atoms with Crippen molar-refractivity contribution in [3.63, 3.8) is 0 Å². The largest absolute Gasteiger partial charge is 0.454 e. The van der Waals surface area contributed by atoms with E-state index in [2.05, 4.69) is 33.2 Å². The number of hydrogen-bond donors (Lipinski definition) is 1. The molecule has 3 nitrogen and oxygen atoms in total. The SMILES string of the molecule is BrCCCCc1c[nH]c2cc3c(cc12)OCO3. The Morgan fingerprint density at radius 2 is 2.00 bits per heavy atom. The van der Waals surface area contributed by atoms with Gasteiger partial charge in [0.25, 0.3) is 0 Å². The van der Waals surface area contributed by atoms with Crippen LogP contribution in [0.4, 0.5) is 0 Å². The molecule has 0 atom stereocenters. The summed E-state index contributed by atoms with van der Waals surface area (Å²) in [5.41, 5.74) is 2.49. The quantitative estimate of drug-likeness (QED) is 0.691.